The number of benzene rings is 3. The van der Waals surface area contributed by atoms with E-state index >= 15 is 0 Å². The van der Waals surface area contributed by atoms with Gasteiger partial charge in [-0.15, -0.1) is 11.8 Å². The van der Waals surface area contributed by atoms with Gasteiger partial charge in [0.25, 0.3) is 0 Å². The van der Waals surface area contributed by atoms with Gasteiger partial charge < -0.3 is 9.64 Å². The second kappa shape index (κ2) is 9.87. The fourth-order valence-corrected chi connectivity index (χ4v) is 10.6. The van der Waals surface area contributed by atoms with Crippen molar-refractivity contribution in [2.24, 2.45) is 23.2 Å². The van der Waals surface area contributed by atoms with Gasteiger partial charge in [0.05, 0.1) is 0 Å². The molecule has 0 spiro atoms. The van der Waals surface area contributed by atoms with Crippen LogP contribution in [0, 0.1) is 41.4 Å². The summed E-state index contributed by atoms with van der Waals surface area (Å²) in [5, 5.41) is 9.86. The van der Waals surface area contributed by atoms with Crippen LogP contribution < -0.4 is 4.90 Å². The Morgan fingerprint density at radius 1 is 1.04 bits per heavy atom. The van der Waals surface area contributed by atoms with Crippen LogP contribution >= 0.6 is 11.8 Å². The molecule has 3 aromatic carbocycles. The first-order chi connectivity index (χ1) is 21.5. The van der Waals surface area contributed by atoms with Crippen LogP contribution in [0.2, 0.25) is 0 Å². The van der Waals surface area contributed by atoms with Crippen LogP contribution in [-0.4, -0.2) is 17.6 Å². The van der Waals surface area contributed by atoms with Crippen LogP contribution in [0.3, 0.4) is 0 Å². The molecule has 3 saturated carbocycles. The Bertz CT molecular complexity index is 1840. The minimum atomic E-state index is -0.645. The Kier molecular flexibility index (Phi) is 6.30. The first-order valence-corrected chi connectivity index (χ1v) is 17.2. The topological polar surface area (TPSA) is 53.3 Å². The van der Waals surface area contributed by atoms with E-state index in [9.17, 15) is 10.1 Å². The van der Waals surface area contributed by atoms with Crippen LogP contribution in [0.5, 0.6) is 0 Å². The number of nitrogens with zero attached hydrogens (tertiary/aromatic N) is 2. The van der Waals surface area contributed by atoms with E-state index in [1.165, 1.54) is 51.4 Å². The van der Waals surface area contributed by atoms with E-state index in [1.807, 2.05) is 30.0 Å². The van der Waals surface area contributed by atoms with Gasteiger partial charge in [-0.1, -0.05) is 61.0 Å². The van der Waals surface area contributed by atoms with E-state index in [0.29, 0.717) is 28.5 Å². The van der Waals surface area contributed by atoms with Crippen molar-refractivity contribution in [3.05, 3.63) is 106 Å². The number of hydrogen-bond donors (Lipinski definition) is 0. The molecular weight excluding hydrogens is 573 g/mol. The number of allylic oxidation sites excluding steroid dienone is 1. The number of thioether (sulfide) groups is 1. The van der Waals surface area contributed by atoms with E-state index < -0.39 is 11.6 Å². The summed E-state index contributed by atoms with van der Waals surface area (Å²) in [6.45, 7) is 12.2. The number of esters is 1. The van der Waals surface area contributed by atoms with E-state index in [1.54, 1.807) is 32.4 Å². The largest absolute Gasteiger partial charge is 0.456 e. The van der Waals surface area contributed by atoms with Gasteiger partial charge in [-0.05, 0) is 123 Å². The lowest BCUT2D eigenvalue weighted by Crippen LogP contribution is -2.34. The van der Waals surface area contributed by atoms with Gasteiger partial charge in [0, 0.05) is 33.5 Å². The van der Waals surface area contributed by atoms with Crippen molar-refractivity contribution < 1.29 is 9.53 Å². The number of hydrogen-bond acceptors (Lipinski definition) is 5. The Balaban J connectivity index is 1.01. The third kappa shape index (κ3) is 4.36. The molecule has 3 aliphatic carbocycles. The lowest BCUT2D eigenvalue weighted by atomic mass is 9.80. The zero-order valence-electron chi connectivity index (χ0n) is 26.9. The SMILES string of the molecule is CC1=C(c2ccc(N3c4cc(C)ccc4C4C5CC6(CC56)C43)cc2)SC(c2ccc(/C=C(\C#N)C(=O)OC(C)(C)C)cc2)C1C. The number of carbonyl (C=O) groups excluding carboxylic acids is 1. The molecule has 228 valence electrons. The Morgan fingerprint density at radius 3 is 2.44 bits per heavy atom. The fourth-order valence-electron chi connectivity index (χ4n) is 9.03. The maximum absolute atomic E-state index is 12.4. The lowest BCUT2D eigenvalue weighted by Gasteiger charge is -2.34. The summed E-state index contributed by atoms with van der Waals surface area (Å²) in [6.07, 6.45) is 4.47. The van der Waals surface area contributed by atoms with Crippen LogP contribution in [0.15, 0.2) is 77.9 Å². The van der Waals surface area contributed by atoms with E-state index in [2.05, 4.69) is 80.3 Å². The highest BCUT2D eigenvalue weighted by molar-refractivity contribution is 8.08. The molecular formula is C40H40N2O2S. The molecule has 2 bridgehead atoms. The zero-order valence-corrected chi connectivity index (χ0v) is 27.7. The van der Waals surface area contributed by atoms with Crippen LogP contribution in [0.25, 0.3) is 11.0 Å². The van der Waals surface area contributed by atoms with Gasteiger partial charge in [0.2, 0.25) is 0 Å². The highest BCUT2D eigenvalue weighted by Crippen LogP contribution is 2.86. The third-order valence-electron chi connectivity index (χ3n) is 11.2. The highest BCUT2D eigenvalue weighted by Gasteiger charge is 2.82. The van der Waals surface area contributed by atoms with Gasteiger partial charge in [-0.3, -0.25) is 0 Å². The smallest absolute Gasteiger partial charge is 0.349 e. The molecule has 3 aromatic rings. The van der Waals surface area contributed by atoms with Crippen LogP contribution in [0.1, 0.15) is 86.4 Å². The standard InChI is InChI=1S/C40H40N2O2S/c1-22-7-16-30-33(17-22)42(37-34(30)31-19-40(37)20-32(31)40)29-14-12-27(13-15-29)36-24(3)23(2)35(45-36)26-10-8-25(9-11-26)18-28(21-41)38(43)44-39(4,5)6/h7-18,23,31-32,34-35,37H,19-20H2,1-6H3/b28-18+. The van der Waals surface area contributed by atoms with Gasteiger partial charge in [0.15, 0.2) is 0 Å². The third-order valence-corrected chi connectivity index (χ3v) is 13.0. The normalized spacial score (nSPS) is 30.8. The van der Waals surface area contributed by atoms with Crippen molar-refractivity contribution in [3.63, 3.8) is 0 Å². The van der Waals surface area contributed by atoms with Crippen molar-refractivity contribution in [3.8, 4) is 6.07 Å². The van der Waals surface area contributed by atoms with E-state index in [4.69, 9.17) is 4.74 Å². The van der Waals surface area contributed by atoms with Crippen molar-refractivity contribution in [1.29, 1.82) is 5.26 Å². The first-order valence-electron chi connectivity index (χ1n) is 16.3. The number of ether oxygens (including phenoxy) is 1. The molecule has 2 aliphatic heterocycles. The predicted molar refractivity (Wildman–Crippen MR) is 183 cm³/mol. The average Bonchev–Trinajstić information content (AvgIpc) is 3.31. The van der Waals surface area contributed by atoms with E-state index in [-0.39, 0.29) is 5.57 Å². The van der Waals surface area contributed by atoms with Gasteiger partial charge in [-0.25, -0.2) is 4.79 Å². The highest BCUT2D eigenvalue weighted by atomic mass is 32.2. The lowest BCUT2D eigenvalue weighted by molar-refractivity contribution is -0.149. The molecule has 0 amide bonds. The summed E-state index contributed by atoms with van der Waals surface area (Å²) in [7, 11) is 0. The molecule has 8 rings (SSSR count). The maximum Gasteiger partial charge on any atom is 0.349 e. The fraction of sp³-hybridized carbons (Fsp3) is 0.400. The molecule has 0 aromatic heterocycles. The van der Waals surface area contributed by atoms with Crippen molar-refractivity contribution in [1.82, 2.24) is 0 Å². The molecule has 7 unspecified atom stereocenters. The van der Waals surface area contributed by atoms with Gasteiger partial charge in [0.1, 0.15) is 17.2 Å². The second-order valence-corrected chi connectivity index (χ2v) is 16.2. The van der Waals surface area contributed by atoms with Crippen molar-refractivity contribution >= 4 is 40.1 Å². The Labute approximate surface area is 271 Å². The second-order valence-electron chi connectivity index (χ2n) is 15.0. The average molecular weight is 613 g/mol. The minimum absolute atomic E-state index is 0.00841. The molecule has 5 heteroatoms. The van der Waals surface area contributed by atoms with Crippen LogP contribution in [0.4, 0.5) is 11.4 Å². The number of anilines is 2. The summed E-state index contributed by atoms with van der Waals surface area (Å²) in [5.74, 6) is 2.37. The Hall–Kier alpha value is -3.75. The molecule has 4 nitrogen and oxygen atoms in total. The molecule has 0 saturated heterocycles. The molecule has 45 heavy (non-hydrogen) atoms. The number of nitriles is 1. The first kappa shape index (κ1) is 28.7. The minimum Gasteiger partial charge on any atom is -0.456 e. The summed E-state index contributed by atoms with van der Waals surface area (Å²) < 4.78 is 5.39. The Morgan fingerprint density at radius 2 is 1.78 bits per heavy atom. The summed E-state index contributed by atoms with van der Waals surface area (Å²) in [6, 6.07) is 27.4. The number of rotatable bonds is 5. The number of aryl methyl sites for hydroxylation is 1. The van der Waals surface area contributed by atoms with E-state index in [0.717, 1.165) is 17.4 Å². The van der Waals surface area contributed by atoms with Crippen molar-refractivity contribution in [2.75, 3.05) is 4.90 Å². The zero-order chi connectivity index (χ0) is 31.4. The predicted octanol–water partition coefficient (Wildman–Crippen LogP) is 9.74. The summed E-state index contributed by atoms with van der Waals surface area (Å²) >= 11 is 1.95. The molecule has 7 atom stereocenters. The molecule has 5 aliphatic rings. The monoisotopic (exact) mass is 612 g/mol. The molecule has 0 radical (unpaired) electrons. The van der Waals surface area contributed by atoms with Gasteiger partial charge in [-0.2, -0.15) is 5.26 Å². The van der Waals surface area contributed by atoms with Gasteiger partial charge >= 0.3 is 5.97 Å². The summed E-state index contributed by atoms with van der Waals surface area (Å²) in [4.78, 5) is 16.5. The quantitative estimate of drug-likeness (QED) is 0.163. The maximum atomic E-state index is 12.4. The number of carbonyl (C=O) groups is 1. The van der Waals surface area contributed by atoms with Crippen molar-refractivity contribution in [2.45, 2.75) is 77.2 Å². The molecule has 2 heterocycles. The molecule has 3 fully saturated rings. The van der Waals surface area contributed by atoms with Crippen LogP contribution in [-0.2, 0) is 9.53 Å². The summed E-state index contributed by atoms with van der Waals surface area (Å²) in [5.41, 5.74) is 10.4. The number of fused-ring (bicyclic) bond motifs is 4. The molecule has 0 N–H and O–H groups in total.